The Morgan fingerprint density at radius 3 is 2.83 bits per heavy atom. The van der Waals surface area contributed by atoms with Crippen LogP contribution < -0.4 is 10.1 Å². The Kier molecular flexibility index (Phi) is 5.64. The zero-order chi connectivity index (χ0) is 17.0. The molecule has 1 aliphatic heterocycles. The molecule has 1 fully saturated rings. The molecule has 1 heterocycles. The van der Waals surface area contributed by atoms with Crippen molar-refractivity contribution in [3.05, 3.63) is 24.3 Å². The van der Waals surface area contributed by atoms with Gasteiger partial charge in [0.05, 0.1) is 13.0 Å². The number of ether oxygens (including phenoxy) is 1. The zero-order valence-electron chi connectivity index (χ0n) is 14.3. The number of amides is 2. The summed E-state index contributed by atoms with van der Waals surface area (Å²) in [4.78, 5) is 26.6. The average Bonchev–Trinajstić information content (AvgIpc) is 2.51. The maximum atomic E-state index is 12.6. The maximum absolute atomic E-state index is 12.6. The molecule has 0 spiro atoms. The van der Waals surface area contributed by atoms with Crippen LogP contribution in [0.5, 0.6) is 5.75 Å². The van der Waals surface area contributed by atoms with Gasteiger partial charge in [-0.25, -0.2) is 0 Å². The van der Waals surface area contributed by atoms with Gasteiger partial charge in [-0.1, -0.05) is 19.9 Å². The molecule has 0 aliphatic carbocycles. The number of rotatable bonds is 5. The van der Waals surface area contributed by atoms with Crippen molar-refractivity contribution in [2.24, 2.45) is 11.8 Å². The van der Waals surface area contributed by atoms with E-state index in [1.165, 1.54) is 0 Å². The van der Waals surface area contributed by atoms with Gasteiger partial charge in [-0.3, -0.25) is 9.59 Å². The molecule has 1 saturated heterocycles. The second-order valence-corrected chi connectivity index (χ2v) is 6.55. The number of carbonyl (C=O) groups excluding carboxylic acids is 2. The van der Waals surface area contributed by atoms with Gasteiger partial charge >= 0.3 is 0 Å². The molecule has 23 heavy (non-hydrogen) atoms. The lowest BCUT2D eigenvalue weighted by atomic mass is 9.88. The van der Waals surface area contributed by atoms with Gasteiger partial charge in [0.1, 0.15) is 5.75 Å². The fraction of sp³-hybridized carbons (Fsp3) is 0.556. The SMILES string of the molecule is COc1cccc(NC(=O)[C@@H]2CCC(=O)N(CC(C)C)[C@@H]2C)c1. The number of piperidine rings is 1. The first-order valence-electron chi connectivity index (χ1n) is 8.16. The Bertz CT molecular complexity index is 571. The number of carbonyl (C=O) groups is 2. The van der Waals surface area contributed by atoms with E-state index in [2.05, 4.69) is 19.2 Å². The minimum atomic E-state index is -0.183. The van der Waals surface area contributed by atoms with Gasteiger partial charge in [-0.05, 0) is 31.4 Å². The van der Waals surface area contributed by atoms with Crippen molar-refractivity contribution in [2.45, 2.75) is 39.7 Å². The van der Waals surface area contributed by atoms with E-state index in [1.807, 2.05) is 30.0 Å². The third kappa shape index (κ3) is 4.24. The van der Waals surface area contributed by atoms with E-state index in [-0.39, 0.29) is 23.8 Å². The van der Waals surface area contributed by atoms with E-state index >= 15 is 0 Å². The lowest BCUT2D eigenvalue weighted by molar-refractivity contribution is -0.141. The largest absolute Gasteiger partial charge is 0.497 e. The van der Waals surface area contributed by atoms with Gasteiger partial charge in [0.15, 0.2) is 0 Å². The highest BCUT2D eigenvalue weighted by atomic mass is 16.5. The van der Waals surface area contributed by atoms with Crippen LogP contribution >= 0.6 is 0 Å². The van der Waals surface area contributed by atoms with Crippen LogP contribution in [0, 0.1) is 11.8 Å². The molecule has 2 rings (SSSR count). The van der Waals surface area contributed by atoms with Crippen molar-refractivity contribution in [1.29, 1.82) is 0 Å². The molecule has 2 atom stereocenters. The number of nitrogens with one attached hydrogen (secondary N) is 1. The highest BCUT2D eigenvalue weighted by Crippen LogP contribution is 2.27. The van der Waals surface area contributed by atoms with E-state index < -0.39 is 0 Å². The predicted molar refractivity (Wildman–Crippen MR) is 90.4 cm³/mol. The molecule has 1 aliphatic rings. The molecule has 0 unspecified atom stereocenters. The zero-order valence-corrected chi connectivity index (χ0v) is 14.3. The van der Waals surface area contributed by atoms with E-state index in [9.17, 15) is 9.59 Å². The fourth-order valence-corrected chi connectivity index (χ4v) is 3.06. The average molecular weight is 318 g/mol. The van der Waals surface area contributed by atoms with Crippen molar-refractivity contribution in [3.8, 4) is 5.75 Å². The molecule has 2 amide bonds. The molecule has 1 N–H and O–H groups in total. The summed E-state index contributed by atoms with van der Waals surface area (Å²) >= 11 is 0. The van der Waals surface area contributed by atoms with Gasteiger partial charge in [0, 0.05) is 30.8 Å². The first-order chi connectivity index (χ1) is 10.9. The minimum Gasteiger partial charge on any atom is -0.497 e. The van der Waals surface area contributed by atoms with Crippen molar-refractivity contribution in [1.82, 2.24) is 4.90 Å². The number of benzene rings is 1. The first kappa shape index (κ1) is 17.3. The maximum Gasteiger partial charge on any atom is 0.229 e. The van der Waals surface area contributed by atoms with E-state index in [1.54, 1.807) is 13.2 Å². The number of nitrogens with zero attached hydrogens (tertiary/aromatic N) is 1. The lowest BCUT2D eigenvalue weighted by Crippen LogP contribution is -2.51. The predicted octanol–water partition coefficient (Wildman–Crippen LogP) is 2.92. The van der Waals surface area contributed by atoms with Crippen LogP contribution in [0.3, 0.4) is 0 Å². The molecule has 126 valence electrons. The summed E-state index contributed by atoms with van der Waals surface area (Å²) in [5, 5.41) is 2.95. The number of anilines is 1. The Hall–Kier alpha value is -2.04. The van der Waals surface area contributed by atoms with Gasteiger partial charge in [0.25, 0.3) is 0 Å². The first-order valence-corrected chi connectivity index (χ1v) is 8.16. The van der Waals surface area contributed by atoms with Gasteiger partial charge in [-0.2, -0.15) is 0 Å². The van der Waals surface area contributed by atoms with Crippen molar-refractivity contribution < 1.29 is 14.3 Å². The molecule has 0 radical (unpaired) electrons. The van der Waals surface area contributed by atoms with Crippen molar-refractivity contribution >= 4 is 17.5 Å². The van der Waals surface area contributed by atoms with Gasteiger partial charge in [-0.15, -0.1) is 0 Å². The Labute approximate surface area is 138 Å². The molecular weight excluding hydrogens is 292 g/mol. The summed E-state index contributed by atoms with van der Waals surface area (Å²) in [5.74, 6) is 1.03. The van der Waals surface area contributed by atoms with Crippen LogP contribution in [0.2, 0.25) is 0 Å². The number of hydrogen-bond acceptors (Lipinski definition) is 3. The van der Waals surface area contributed by atoms with Crippen LogP contribution in [0.15, 0.2) is 24.3 Å². The highest BCUT2D eigenvalue weighted by molar-refractivity contribution is 5.94. The molecule has 1 aromatic carbocycles. The molecule has 5 nitrogen and oxygen atoms in total. The normalized spacial score (nSPS) is 21.4. The summed E-state index contributed by atoms with van der Waals surface area (Å²) in [7, 11) is 1.60. The van der Waals surface area contributed by atoms with Crippen molar-refractivity contribution in [3.63, 3.8) is 0 Å². The monoisotopic (exact) mass is 318 g/mol. The number of likely N-dealkylation sites (tertiary alicyclic amines) is 1. The number of hydrogen-bond donors (Lipinski definition) is 1. The second-order valence-electron chi connectivity index (χ2n) is 6.55. The Balaban J connectivity index is 2.07. The quantitative estimate of drug-likeness (QED) is 0.908. The van der Waals surface area contributed by atoms with Crippen LogP contribution in [0.25, 0.3) is 0 Å². The summed E-state index contributed by atoms with van der Waals surface area (Å²) in [5.41, 5.74) is 0.717. The highest BCUT2D eigenvalue weighted by Gasteiger charge is 2.36. The van der Waals surface area contributed by atoms with Crippen molar-refractivity contribution in [2.75, 3.05) is 19.0 Å². The smallest absolute Gasteiger partial charge is 0.229 e. The van der Waals surface area contributed by atoms with E-state index in [0.29, 0.717) is 36.7 Å². The third-order valence-corrected chi connectivity index (χ3v) is 4.30. The Morgan fingerprint density at radius 2 is 2.17 bits per heavy atom. The van der Waals surface area contributed by atoms with E-state index in [4.69, 9.17) is 4.74 Å². The second kappa shape index (κ2) is 7.49. The standard InChI is InChI=1S/C18H26N2O3/c1-12(2)11-20-13(3)16(8-9-17(20)21)18(22)19-14-6-5-7-15(10-14)23-4/h5-7,10,12-13,16H,8-9,11H2,1-4H3,(H,19,22)/t13-,16-/m1/s1. The van der Waals surface area contributed by atoms with Gasteiger partial charge in [0.2, 0.25) is 11.8 Å². The summed E-state index contributed by atoms with van der Waals surface area (Å²) in [6, 6.07) is 7.23. The molecular formula is C18H26N2O3. The third-order valence-electron chi connectivity index (χ3n) is 4.30. The van der Waals surface area contributed by atoms with Gasteiger partial charge < -0.3 is 15.0 Å². The lowest BCUT2D eigenvalue weighted by Gasteiger charge is -2.39. The summed E-state index contributed by atoms with van der Waals surface area (Å²) in [6.45, 7) is 6.83. The molecule has 0 bridgehead atoms. The van der Waals surface area contributed by atoms with Crippen LogP contribution in [-0.2, 0) is 9.59 Å². The fourth-order valence-electron chi connectivity index (χ4n) is 3.06. The molecule has 1 aromatic rings. The summed E-state index contributed by atoms with van der Waals surface area (Å²) in [6.07, 6.45) is 1.04. The van der Waals surface area contributed by atoms with Crippen LogP contribution in [0.4, 0.5) is 5.69 Å². The molecule has 0 saturated carbocycles. The van der Waals surface area contributed by atoms with Crippen LogP contribution in [-0.4, -0.2) is 36.4 Å². The molecule has 5 heteroatoms. The summed E-state index contributed by atoms with van der Waals surface area (Å²) < 4.78 is 5.17. The van der Waals surface area contributed by atoms with E-state index in [0.717, 1.165) is 0 Å². The Morgan fingerprint density at radius 1 is 1.43 bits per heavy atom. The minimum absolute atomic E-state index is 0.0352. The number of methoxy groups -OCH3 is 1. The van der Waals surface area contributed by atoms with Crippen LogP contribution in [0.1, 0.15) is 33.6 Å². The molecule has 0 aromatic heterocycles. The topological polar surface area (TPSA) is 58.6 Å².